The molecule has 2 heterocycles. The number of aryl methyl sites for hydroxylation is 1. The summed E-state index contributed by atoms with van der Waals surface area (Å²) in [6, 6.07) is 11.6. The summed E-state index contributed by atoms with van der Waals surface area (Å²) in [7, 11) is 1.73. The minimum Gasteiger partial charge on any atom is -0.494 e. The van der Waals surface area contributed by atoms with E-state index in [4.69, 9.17) is 26.1 Å². The number of nitrogens with zero attached hydrogens (tertiary/aromatic N) is 1. The van der Waals surface area contributed by atoms with Gasteiger partial charge in [-0.25, -0.2) is 4.98 Å². The number of aromatic nitrogens is 2. The minimum atomic E-state index is 0.366. The van der Waals surface area contributed by atoms with E-state index >= 15 is 0 Å². The number of rotatable bonds is 8. The molecule has 6 heteroatoms. The first-order chi connectivity index (χ1) is 14.2. The molecule has 0 saturated carbocycles. The zero-order valence-corrected chi connectivity index (χ0v) is 17.6. The van der Waals surface area contributed by atoms with E-state index in [0.717, 1.165) is 53.8 Å². The predicted octanol–water partition coefficient (Wildman–Crippen LogP) is 5.13. The highest BCUT2D eigenvalue weighted by molar-refractivity contribution is 6.30. The van der Waals surface area contributed by atoms with Crippen molar-refractivity contribution in [2.24, 2.45) is 5.92 Å². The van der Waals surface area contributed by atoms with Gasteiger partial charge in [-0.1, -0.05) is 24.1 Å². The maximum Gasteiger partial charge on any atom is 0.149 e. The number of aromatic amines is 1. The lowest BCUT2D eigenvalue weighted by molar-refractivity contribution is 0.297. The molecule has 5 nitrogen and oxygen atoms in total. The highest BCUT2D eigenvalue weighted by Gasteiger charge is 2.15. The van der Waals surface area contributed by atoms with E-state index in [1.807, 2.05) is 24.3 Å². The van der Waals surface area contributed by atoms with E-state index in [1.54, 1.807) is 7.11 Å². The summed E-state index contributed by atoms with van der Waals surface area (Å²) in [6.07, 6.45) is 6.08. The fraction of sp³-hybridized carbons (Fsp3) is 0.435. The zero-order valence-electron chi connectivity index (χ0n) is 16.8. The average molecular weight is 414 g/mol. The van der Waals surface area contributed by atoms with Crippen molar-refractivity contribution < 1.29 is 9.47 Å². The molecule has 0 aliphatic carbocycles. The van der Waals surface area contributed by atoms with Crippen LogP contribution in [0.3, 0.4) is 0 Å². The fourth-order valence-electron chi connectivity index (χ4n) is 4.07. The molecule has 0 unspecified atom stereocenters. The van der Waals surface area contributed by atoms with Gasteiger partial charge in [0.15, 0.2) is 0 Å². The van der Waals surface area contributed by atoms with Crippen molar-refractivity contribution in [2.45, 2.75) is 38.7 Å². The number of imidazole rings is 1. The van der Waals surface area contributed by atoms with Crippen molar-refractivity contribution in [2.75, 3.05) is 20.2 Å². The second kappa shape index (κ2) is 9.51. The molecule has 2 N–H and O–H groups in total. The zero-order chi connectivity index (χ0) is 20.1. The van der Waals surface area contributed by atoms with Crippen LogP contribution >= 0.6 is 11.6 Å². The Labute approximate surface area is 176 Å². The molecule has 29 heavy (non-hydrogen) atoms. The molecule has 1 fully saturated rings. The molecule has 1 saturated heterocycles. The van der Waals surface area contributed by atoms with Crippen molar-refractivity contribution in [3.8, 4) is 11.5 Å². The number of ether oxygens (including phenoxy) is 2. The Morgan fingerprint density at radius 3 is 2.66 bits per heavy atom. The second-order valence-electron chi connectivity index (χ2n) is 7.67. The van der Waals surface area contributed by atoms with Gasteiger partial charge in [-0.3, -0.25) is 0 Å². The lowest BCUT2D eigenvalue weighted by atomic mass is 9.91. The van der Waals surface area contributed by atoms with Crippen LogP contribution in [0.15, 0.2) is 36.4 Å². The third-order valence-electron chi connectivity index (χ3n) is 5.65. The van der Waals surface area contributed by atoms with Crippen molar-refractivity contribution in [3.63, 3.8) is 0 Å². The molecule has 0 spiro atoms. The molecule has 0 atom stereocenters. The third kappa shape index (κ3) is 5.03. The van der Waals surface area contributed by atoms with Gasteiger partial charge < -0.3 is 19.8 Å². The van der Waals surface area contributed by atoms with E-state index in [9.17, 15) is 0 Å². The number of H-pyrrole nitrogens is 1. The third-order valence-corrected chi connectivity index (χ3v) is 5.90. The fourth-order valence-corrected chi connectivity index (χ4v) is 4.20. The van der Waals surface area contributed by atoms with Crippen molar-refractivity contribution in [1.29, 1.82) is 0 Å². The van der Waals surface area contributed by atoms with Crippen LogP contribution in [0.5, 0.6) is 11.5 Å². The van der Waals surface area contributed by atoms with Crippen LogP contribution < -0.4 is 14.8 Å². The van der Waals surface area contributed by atoms with Crippen LogP contribution in [0.4, 0.5) is 0 Å². The number of piperidine rings is 1. The quantitative estimate of drug-likeness (QED) is 0.537. The number of benzene rings is 2. The Morgan fingerprint density at radius 2 is 1.90 bits per heavy atom. The van der Waals surface area contributed by atoms with Gasteiger partial charge in [-0.15, -0.1) is 0 Å². The molecule has 4 rings (SSSR count). The van der Waals surface area contributed by atoms with E-state index < -0.39 is 0 Å². The highest BCUT2D eigenvalue weighted by atomic mass is 35.5. The van der Waals surface area contributed by atoms with Crippen molar-refractivity contribution >= 4 is 22.6 Å². The maximum absolute atomic E-state index is 5.92. The van der Waals surface area contributed by atoms with Crippen LogP contribution in [0.1, 0.15) is 37.1 Å². The van der Waals surface area contributed by atoms with Gasteiger partial charge in [-0.05, 0) is 80.6 Å². The molecule has 0 radical (unpaired) electrons. The summed E-state index contributed by atoms with van der Waals surface area (Å²) in [5, 5.41) is 4.13. The van der Waals surface area contributed by atoms with Crippen molar-refractivity contribution in [1.82, 2.24) is 15.3 Å². The Hall–Kier alpha value is -2.24. The molecule has 0 amide bonds. The molecular formula is C23H28ClN3O2. The molecule has 1 aromatic heterocycles. The Morgan fingerprint density at radius 1 is 1.10 bits per heavy atom. The van der Waals surface area contributed by atoms with Gasteiger partial charge in [0.05, 0.1) is 12.6 Å². The summed E-state index contributed by atoms with van der Waals surface area (Å²) in [5.74, 6) is 3.27. The summed E-state index contributed by atoms with van der Waals surface area (Å²) in [5.41, 5.74) is 3.07. The number of halogens is 1. The van der Waals surface area contributed by atoms with Crippen LogP contribution in [-0.4, -0.2) is 30.2 Å². The number of fused-ring (bicyclic) bond motifs is 1. The standard InChI is InChI=1S/C23H28ClN3O2/c1-28-23-17(4-2-3-16-11-13-25-14-12-16)5-10-20-22(23)27-21(26-20)15-29-19-8-6-18(24)7-9-19/h5-10,16,25H,2-4,11-15H2,1H3,(H,26,27). The lowest BCUT2D eigenvalue weighted by Crippen LogP contribution is -2.27. The molecule has 3 aromatic rings. The normalized spacial score (nSPS) is 15.0. The summed E-state index contributed by atoms with van der Waals surface area (Å²) in [4.78, 5) is 8.07. The molecule has 1 aliphatic heterocycles. The summed E-state index contributed by atoms with van der Waals surface area (Å²) in [6.45, 7) is 2.69. The lowest BCUT2D eigenvalue weighted by Gasteiger charge is -2.22. The minimum absolute atomic E-state index is 0.366. The van der Waals surface area contributed by atoms with E-state index in [0.29, 0.717) is 11.6 Å². The number of hydrogen-bond donors (Lipinski definition) is 2. The molecule has 154 valence electrons. The van der Waals surface area contributed by atoms with Gasteiger partial charge in [0.1, 0.15) is 29.4 Å². The first-order valence-corrected chi connectivity index (χ1v) is 10.7. The van der Waals surface area contributed by atoms with E-state index in [-0.39, 0.29) is 0 Å². The second-order valence-corrected chi connectivity index (χ2v) is 8.10. The summed E-state index contributed by atoms with van der Waals surface area (Å²) < 4.78 is 11.6. The van der Waals surface area contributed by atoms with Gasteiger partial charge in [-0.2, -0.15) is 0 Å². The van der Waals surface area contributed by atoms with E-state index in [1.165, 1.54) is 31.2 Å². The Bertz CT molecular complexity index is 933. The molecule has 1 aliphatic rings. The molecule has 2 aromatic carbocycles. The maximum atomic E-state index is 5.92. The van der Waals surface area contributed by atoms with Gasteiger partial charge in [0.25, 0.3) is 0 Å². The SMILES string of the molecule is COc1c(CCCC2CCNCC2)ccc2[nH]c(COc3ccc(Cl)cc3)nc12. The highest BCUT2D eigenvalue weighted by Crippen LogP contribution is 2.30. The van der Waals surface area contributed by atoms with Gasteiger partial charge in [0.2, 0.25) is 0 Å². The largest absolute Gasteiger partial charge is 0.494 e. The van der Waals surface area contributed by atoms with Crippen LogP contribution in [0, 0.1) is 5.92 Å². The average Bonchev–Trinajstić information content (AvgIpc) is 3.17. The van der Waals surface area contributed by atoms with Gasteiger partial charge >= 0.3 is 0 Å². The number of hydrogen-bond acceptors (Lipinski definition) is 4. The van der Waals surface area contributed by atoms with E-state index in [2.05, 4.69) is 22.4 Å². The smallest absolute Gasteiger partial charge is 0.149 e. The van der Waals surface area contributed by atoms with Gasteiger partial charge in [0, 0.05) is 5.02 Å². The first kappa shape index (κ1) is 20.0. The number of methoxy groups -OCH3 is 1. The topological polar surface area (TPSA) is 59.2 Å². The van der Waals surface area contributed by atoms with Crippen molar-refractivity contribution in [3.05, 3.63) is 52.8 Å². The molecule has 0 bridgehead atoms. The van der Waals surface area contributed by atoms with Crippen LogP contribution in [0.2, 0.25) is 5.02 Å². The number of nitrogens with one attached hydrogen (secondary N) is 2. The predicted molar refractivity (Wildman–Crippen MR) is 117 cm³/mol. The molecular weight excluding hydrogens is 386 g/mol. The summed E-state index contributed by atoms with van der Waals surface area (Å²) >= 11 is 5.92. The Kier molecular flexibility index (Phi) is 6.57. The Balaban J connectivity index is 1.42. The van der Waals surface area contributed by atoms with Crippen LogP contribution in [0.25, 0.3) is 11.0 Å². The first-order valence-electron chi connectivity index (χ1n) is 10.4. The monoisotopic (exact) mass is 413 g/mol. The van der Waals surface area contributed by atoms with Crippen LogP contribution in [-0.2, 0) is 13.0 Å².